The smallest absolute Gasteiger partial charge is 0.318 e. The van der Waals surface area contributed by atoms with Crippen LogP contribution in [0.3, 0.4) is 0 Å². The van der Waals surface area contributed by atoms with Gasteiger partial charge in [-0.05, 0) is 35.6 Å². The number of carbonyl (C=O) groups excluding carboxylic acids is 1. The average Bonchev–Trinajstić information content (AvgIpc) is 2.61. The summed E-state index contributed by atoms with van der Waals surface area (Å²) >= 11 is 0. The lowest BCUT2D eigenvalue weighted by atomic mass is 10.00. The lowest BCUT2D eigenvalue weighted by molar-refractivity contribution is 0.176. The van der Waals surface area contributed by atoms with Crippen LogP contribution in [0.15, 0.2) is 48.5 Å². The van der Waals surface area contributed by atoms with Crippen LogP contribution in [-0.4, -0.2) is 30.1 Å². The van der Waals surface area contributed by atoms with Gasteiger partial charge in [-0.1, -0.05) is 42.5 Å². The molecule has 2 aliphatic rings. The maximum Gasteiger partial charge on any atom is 0.318 e. The Labute approximate surface area is 136 Å². The maximum atomic E-state index is 12.5. The minimum atomic E-state index is 0.00693. The highest BCUT2D eigenvalue weighted by atomic mass is 16.5. The van der Waals surface area contributed by atoms with Crippen molar-refractivity contribution in [3.8, 4) is 5.75 Å². The molecule has 118 valence electrons. The molecular formula is C19H20N2O2. The van der Waals surface area contributed by atoms with Gasteiger partial charge in [0, 0.05) is 13.1 Å². The second-order valence-electron chi connectivity index (χ2n) is 6.21. The van der Waals surface area contributed by atoms with E-state index in [1.54, 1.807) is 0 Å². The summed E-state index contributed by atoms with van der Waals surface area (Å²) in [5, 5.41) is 3.12. The lowest BCUT2D eigenvalue weighted by Crippen LogP contribution is -2.50. The third kappa shape index (κ3) is 2.89. The number of carbonyl (C=O) groups is 1. The summed E-state index contributed by atoms with van der Waals surface area (Å²) in [4.78, 5) is 14.4. The van der Waals surface area contributed by atoms with Crippen LogP contribution >= 0.6 is 0 Å². The van der Waals surface area contributed by atoms with Gasteiger partial charge in [-0.2, -0.15) is 0 Å². The molecule has 1 unspecified atom stereocenters. The van der Waals surface area contributed by atoms with Gasteiger partial charge in [0.05, 0.1) is 6.04 Å². The summed E-state index contributed by atoms with van der Waals surface area (Å²) in [6, 6.07) is 16.4. The monoisotopic (exact) mass is 308 g/mol. The topological polar surface area (TPSA) is 41.6 Å². The largest absolute Gasteiger partial charge is 0.491 e. The Morgan fingerprint density at radius 2 is 1.78 bits per heavy atom. The quantitative estimate of drug-likeness (QED) is 0.880. The molecule has 2 aromatic carbocycles. The fraction of sp³-hybridized carbons (Fsp3) is 0.316. The third-order valence-corrected chi connectivity index (χ3v) is 4.62. The van der Waals surface area contributed by atoms with Gasteiger partial charge in [0.2, 0.25) is 0 Å². The Morgan fingerprint density at radius 1 is 1.04 bits per heavy atom. The van der Waals surface area contributed by atoms with Crippen molar-refractivity contribution in [2.45, 2.75) is 25.4 Å². The standard InChI is InChI=1S/C19H20N2O2/c22-19(21-10-9-14-5-1-2-7-16(14)12-21)20-17-11-15-6-3-4-8-18(15)23-13-17/h1-8,17H,9-13H2,(H,20,22). The second kappa shape index (κ2) is 5.95. The molecule has 2 aromatic rings. The SMILES string of the molecule is O=C(NC1COc2ccccc2C1)N1CCc2ccccc2C1. The molecule has 0 saturated heterocycles. The Kier molecular flexibility index (Phi) is 3.66. The van der Waals surface area contributed by atoms with Crippen LogP contribution in [0.2, 0.25) is 0 Å². The van der Waals surface area contributed by atoms with E-state index in [1.807, 2.05) is 29.2 Å². The van der Waals surface area contributed by atoms with Crippen molar-refractivity contribution >= 4 is 6.03 Å². The van der Waals surface area contributed by atoms with Gasteiger partial charge in [0.25, 0.3) is 0 Å². The summed E-state index contributed by atoms with van der Waals surface area (Å²) in [7, 11) is 0. The van der Waals surface area contributed by atoms with Gasteiger partial charge >= 0.3 is 6.03 Å². The number of rotatable bonds is 1. The molecule has 1 atom stereocenters. The third-order valence-electron chi connectivity index (χ3n) is 4.62. The molecule has 23 heavy (non-hydrogen) atoms. The second-order valence-corrected chi connectivity index (χ2v) is 6.21. The maximum absolute atomic E-state index is 12.5. The van der Waals surface area contributed by atoms with Crippen molar-refractivity contribution in [1.29, 1.82) is 0 Å². The molecule has 2 aliphatic heterocycles. The molecule has 4 heteroatoms. The number of urea groups is 1. The van der Waals surface area contributed by atoms with Gasteiger partial charge in [-0.15, -0.1) is 0 Å². The molecule has 2 heterocycles. The Balaban J connectivity index is 1.40. The molecule has 1 N–H and O–H groups in total. The number of hydrogen-bond donors (Lipinski definition) is 1. The first-order chi connectivity index (χ1) is 11.3. The highest BCUT2D eigenvalue weighted by molar-refractivity contribution is 5.75. The molecule has 0 radical (unpaired) electrons. The van der Waals surface area contributed by atoms with Gasteiger partial charge in [-0.3, -0.25) is 0 Å². The first-order valence-corrected chi connectivity index (χ1v) is 8.12. The van der Waals surface area contributed by atoms with Crippen molar-refractivity contribution in [3.05, 3.63) is 65.2 Å². The molecule has 0 aliphatic carbocycles. The van der Waals surface area contributed by atoms with Crippen LogP contribution in [0.1, 0.15) is 16.7 Å². The Morgan fingerprint density at radius 3 is 2.65 bits per heavy atom. The Bertz CT molecular complexity index is 729. The van der Waals surface area contributed by atoms with Gasteiger partial charge in [0.15, 0.2) is 0 Å². The van der Waals surface area contributed by atoms with E-state index in [0.29, 0.717) is 13.2 Å². The molecule has 0 fully saturated rings. The van der Waals surface area contributed by atoms with Crippen LogP contribution in [-0.2, 0) is 19.4 Å². The zero-order valence-corrected chi connectivity index (χ0v) is 13.0. The first kappa shape index (κ1) is 14.1. The zero-order chi connectivity index (χ0) is 15.6. The number of fused-ring (bicyclic) bond motifs is 2. The fourth-order valence-corrected chi connectivity index (χ4v) is 3.36. The first-order valence-electron chi connectivity index (χ1n) is 8.12. The van der Waals surface area contributed by atoms with Gasteiger partial charge in [0.1, 0.15) is 12.4 Å². The summed E-state index contributed by atoms with van der Waals surface area (Å²) in [5.41, 5.74) is 3.76. The number of amides is 2. The predicted octanol–water partition coefficient (Wildman–Crippen LogP) is 2.76. The van der Waals surface area contributed by atoms with E-state index >= 15 is 0 Å². The van der Waals surface area contributed by atoms with Gasteiger partial charge < -0.3 is 15.0 Å². The number of benzene rings is 2. The highest BCUT2D eigenvalue weighted by Gasteiger charge is 2.25. The van der Waals surface area contributed by atoms with E-state index in [2.05, 4.69) is 29.6 Å². The van der Waals surface area contributed by atoms with Crippen LogP contribution in [0, 0.1) is 0 Å². The van der Waals surface area contributed by atoms with Crippen molar-refractivity contribution in [1.82, 2.24) is 10.2 Å². The summed E-state index contributed by atoms with van der Waals surface area (Å²) in [6.07, 6.45) is 1.75. The summed E-state index contributed by atoms with van der Waals surface area (Å²) in [5.74, 6) is 0.935. The summed E-state index contributed by atoms with van der Waals surface area (Å²) in [6.45, 7) is 1.99. The van der Waals surface area contributed by atoms with Crippen molar-refractivity contribution in [2.24, 2.45) is 0 Å². The van der Waals surface area contributed by atoms with Gasteiger partial charge in [-0.25, -0.2) is 4.79 Å². The van der Waals surface area contributed by atoms with Crippen molar-refractivity contribution < 1.29 is 9.53 Å². The molecule has 2 amide bonds. The molecule has 0 spiro atoms. The van der Waals surface area contributed by atoms with E-state index in [0.717, 1.165) is 30.7 Å². The van der Waals surface area contributed by atoms with Crippen LogP contribution < -0.4 is 10.1 Å². The van der Waals surface area contributed by atoms with E-state index in [1.165, 1.54) is 11.1 Å². The number of ether oxygens (including phenoxy) is 1. The highest BCUT2D eigenvalue weighted by Crippen LogP contribution is 2.24. The van der Waals surface area contributed by atoms with E-state index < -0.39 is 0 Å². The normalized spacial score (nSPS) is 19.3. The fourth-order valence-electron chi connectivity index (χ4n) is 3.36. The van der Waals surface area contributed by atoms with Crippen LogP contribution in [0.4, 0.5) is 4.79 Å². The van der Waals surface area contributed by atoms with E-state index in [9.17, 15) is 4.79 Å². The predicted molar refractivity (Wildman–Crippen MR) is 88.5 cm³/mol. The van der Waals surface area contributed by atoms with Crippen molar-refractivity contribution in [2.75, 3.05) is 13.2 Å². The minimum Gasteiger partial charge on any atom is -0.491 e. The van der Waals surface area contributed by atoms with Crippen molar-refractivity contribution in [3.63, 3.8) is 0 Å². The Hall–Kier alpha value is -2.49. The minimum absolute atomic E-state index is 0.00693. The zero-order valence-electron chi connectivity index (χ0n) is 13.0. The number of para-hydroxylation sites is 1. The number of hydrogen-bond acceptors (Lipinski definition) is 2. The van der Waals surface area contributed by atoms with E-state index in [-0.39, 0.29) is 12.1 Å². The molecule has 0 aromatic heterocycles. The average molecular weight is 308 g/mol. The molecule has 4 nitrogen and oxygen atoms in total. The molecular weight excluding hydrogens is 288 g/mol. The molecule has 4 rings (SSSR count). The molecule has 0 saturated carbocycles. The number of nitrogens with zero attached hydrogens (tertiary/aromatic N) is 1. The lowest BCUT2D eigenvalue weighted by Gasteiger charge is -2.32. The van der Waals surface area contributed by atoms with E-state index in [4.69, 9.17) is 4.74 Å². The summed E-state index contributed by atoms with van der Waals surface area (Å²) < 4.78 is 5.75. The molecule has 0 bridgehead atoms. The van der Waals surface area contributed by atoms with Crippen LogP contribution in [0.5, 0.6) is 5.75 Å². The van der Waals surface area contributed by atoms with Crippen LogP contribution in [0.25, 0.3) is 0 Å². The number of nitrogens with one attached hydrogen (secondary N) is 1.